The maximum Gasteiger partial charge on any atom is 0.229 e. The fraction of sp³-hybridized carbons (Fsp3) is 0.333. The molecule has 3 rings (SSSR count). The van der Waals surface area contributed by atoms with E-state index in [1.807, 2.05) is 31.2 Å². The average Bonchev–Trinajstić information content (AvgIpc) is 3.20. The Labute approximate surface area is 140 Å². The number of amides is 2. The molecular weight excluding hydrogens is 308 g/mol. The van der Waals surface area contributed by atoms with Gasteiger partial charge in [-0.05, 0) is 31.2 Å². The molecule has 126 valence electrons. The maximum absolute atomic E-state index is 12.5. The molecule has 0 saturated carbocycles. The smallest absolute Gasteiger partial charge is 0.229 e. The molecule has 24 heavy (non-hydrogen) atoms. The number of hydrogen-bond acceptors (Lipinski definition) is 4. The van der Waals surface area contributed by atoms with Crippen LogP contribution in [-0.4, -0.2) is 29.9 Å². The second-order valence-electron chi connectivity index (χ2n) is 5.67. The van der Waals surface area contributed by atoms with E-state index in [4.69, 9.17) is 9.15 Å². The number of carbonyl (C=O) groups is 2. The van der Waals surface area contributed by atoms with Gasteiger partial charge in [0.05, 0.1) is 31.0 Å². The first-order chi connectivity index (χ1) is 11.7. The number of nitrogens with zero attached hydrogens (tertiary/aromatic N) is 1. The molecule has 1 aliphatic heterocycles. The summed E-state index contributed by atoms with van der Waals surface area (Å²) in [6.45, 7) is 3.19. The summed E-state index contributed by atoms with van der Waals surface area (Å²) >= 11 is 0. The molecule has 1 aromatic carbocycles. The number of anilines is 1. The second kappa shape index (κ2) is 7.21. The van der Waals surface area contributed by atoms with Gasteiger partial charge < -0.3 is 19.4 Å². The van der Waals surface area contributed by atoms with Crippen molar-refractivity contribution in [3.8, 4) is 5.75 Å². The van der Waals surface area contributed by atoms with Gasteiger partial charge in [0.2, 0.25) is 11.8 Å². The molecule has 6 heteroatoms. The highest BCUT2D eigenvalue weighted by Crippen LogP contribution is 2.26. The van der Waals surface area contributed by atoms with Crippen LogP contribution >= 0.6 is 0 Å². The number of nitrogens with one attached hydrogen (secondary N) is 1. The van der Waals surface area contributed by atoms with E-state index in [1.54, 1.807) is 23.3 Å². The normalized spacial score (nSPS) is 17.1. The number of carbonyl (C=O) groups excluding carboxylic acids is 2. The van der Waals surface area contributed by atoms with Crippen molar-refractivity contribution in [1.82, 2.24) is 4.90 Å². The van der Waals surface area contributed by atoms with Crippen LogP contribution in [0.2, 0.25) is 0 Å². The number of para-hydroxylation sites is 2. The number of ether oxygens (including phenoxy) is 1. The van der Waals surface area contributed by atoms with Crippen LogP contribution in [0.15, 0.2) is 47.1 Å². The van der Waals surface area contributed by atoms with Gasteiger partial charge in [-0.1, -0.05) is 12.1 Å². The first kappa shape index (κ1) is 16.1. The maximum atomic E-state index is 12.5. The Hall–Kier alpha value is -2.76. The van der Waals surface area contributed by atoms with Gasteiger partial charge in [-0.3, -0.25) is 9.59 Å². The molecule has 0 spiro atoms. The van der Waals surface area contributed by atoms with Crippen LogP contribution in [0, 0.1) is 5.92 Å². The molecule has 2 amide bonds. The second-order valence-corrected chi connectivity index (χ2v) is 5.67. The number of hydrogen-bond donors (Lipinski definition) is 1. The molecule has 0 unspecified atom stereocenters. The third-order valence-electron chi connectivity index (χ3n) is 3.96. The average molecular weight is 328 g/mol. The number of rotatable bonds is 6. The molecule has 1 aliphatic rings. The van der Waals surface area contributed by atoms with Crippen LogP contribution in [0.5, 0.6) is 5.75 Å². The van der Waals surface area contributed by atoms with E-state index >= 15 is 0 Å². The lowest BCUT2D eigenvalue weighted by atomic mass is 10.1. The number of likely N-dealkylation sites (tertiary alicyclic amines) is 1. The SMILES string of the molecule is CCOc1ccccc1NC(=O)[C@H]1CC(=O)N(Cc2ccco2)C1. The lowest BCUT2D eigenvalue weighted by Crippen LogP contribution is -2.28. The van der Waals surface area contributed by atoms with Gasteiger partial charge in [0, 0.05) is 13.0 Å². The highest BCUT2D eigenvalue weighted by Gasteiger charge is 2.34. The van der Waals surface area contributed by atoms with E-state index in [9.17, 15) is 9.59 Å². The standard InChI is InChI=1S/C18H20N2O4/c1-2-23-16-8-4-3-7-15(16)19-18(22)13-10-17(21)20(11-13)12-14-6-5-9-24-14/h3-9,13H,2,10-12H2,1H3,(H,19,22)/t13-/m0/s1. The van der Waals surface area contributed by atoms with Crippen molar-refractivity contribution in [3.63, 3.8) is 0 Å². The van der Waals surface area contributed by atoms with Crippen molar-refractivity contribution in [2.75, 3.05) is 18.5 Å². The molecule has 1 fully saturated rings. The summed E-state index contributed by atoms with van der Waals surface area (Å²) < 4.78 is 10.8. The van der Waals surface area contributed by atoms with Gasteiger partial charge in [0.25, 0.3) is 0 Å². The highest BCUT2D eigenvalue weighted by atomic mass is 16.5. The lowest BCUT2D eigenvalue weighted by molar-refractivity contribution is -0.128. The molecule has 0 aliphatic carbocycles. The van der Waals surface area contributed by atoms with Crippen molar-refractivity contribution in [1.29, 1.82) is 0 Å². The number of benzene rings is 1. The monoisotopic (exact) mass is 328 g/mol. The van der Waals surface area contributed by atoms with E-state index < -0.39 is 0 Å². The van der Waals surface area contributed by atoms with Crippen molar-refractivity contribution in [3.05, 3.63) is 48.4 Å². The molecule has 2 aromatic rings. The topological polar surface area (TPSA) is 71.8 Å². The lowest BCUT2D eigenvalue weighted by Gasteiger charge is -2.16. The molecule has 6 nitrogen and oxygen atoms in total. The Kier molecular flexibility index (Phi) is 4.84. The minimum Gasteiger partial charge on any atom is -0.492 e. The third-order valence-corrected chi connectivity index (χ3v) is 3.96. The van der Waals surface area contributed by atoms with E-state index in [2.05, 4.69) is 5.32 Å². The van der Waals surface area contributed by atoms with Crippen LogP contribution in [0.25, 0.3) is 0 Å². The predicted octanol–water partition coefficient (Wildman–Crippen LogP) is 2.67. The first-order valence-electron chi connectivity index (χ1n) is 8.00. The Morgan fingerprint density at radius 2 is 2.17 bits per heavy atom. The molecule has 0 radical (unpaired) electrons. The minimum absolute atomic E-state index is 0.0374. The van der Waals surface area contributed by atoms with Gasteiger partial charge in [-0.25, -0.2) is 0 Å². The van der Waals surface area contributed by atoms with Gasteiger partial charge in [0.1, 0.15) is 11.5 Å². The van der Waals surface area contributed by atoms with E-state index in [0.29, 0.717) is 36.9 Å². The van der Waals surface area contributed by atoms with Crippen molar-refractivity contribution in [2.24, 2.45) is 5.92 Å². The van der Waals surface area contributed by atoms with Gasteiger partial charge >= 0.3 is 0 Å². The Balaban J connectivity index is 1.63. The summed E-state index contributed by atoms with van der Waals surface area (Å²) in [5, 5.41) is 2.87. The summed E-state index contributed by atoms with van der Waals surface area (Å²) in [5.41, 5.74) is 0.626. The molecular formula is C18H20N2O4. The van der Waals surface area contributed by atoms with E-state index in [0.717, 1.165) is 0 Å². The van der Waals surface area contributed by atoms with Gasteiger partial charge in [0.15, 0.2) is 0 Å². The fourth-order valence-electron chi connectivity index (χ4n) is 2.78. The Morgan fingerprint density at radius 3 is 2.92 bits per heavy atom. The fourth-order valence-corrected chi connectivity index (χ4v) is 2.78. The summed E-state index contributed by atoms with van der Waals surface area (Å²) in [6.07, 6.45) is 1.79. The molecule has 0 bridgehead atoms. The summed E-state index contributed by atoms with van der Waals surface area (Å²) in [7, 11) is 0. The zero-order valence-electron chi connectivity index (χ0n) is 13.5. The predicted molar refractivity (Wildman–Crippen MR) is 88.5 cm³/mol. The Bertz CT molecular complexity index is 712. The van der Waals surface area contributed by atoms with E-state index in [-0.39, 0.29) is 24.2 Å². The van der Waals surface area contributed by atoms with Crippen LogP contribution in [0.4, 0.5) is 5.69 Å². The van der Waals surface area contributed by atoms with Crippen molar-refractivity contribution in [2.45, 2.75) is 19.9 Å². The highest BCUT2D eigenvalue weighted by molar-refractivity contribution is 5.98. The first-order valence-corrected chi connectivity index (χ1v) is 8.00. The summed E-state index contributed by atoms with van der Waals surface area (Å²) in [5.74, 6) is 0.764. The molecule has 1 N–H and O–H groups in total. The van der Waals surface area contributed by atoms with Gasteiger partial charge in [-0.15, -0.1) is 0 Å². The molecule has 1 aromatic heterocycles. The summed E-state index contributed by atoms with van der Waals surface area (Å²) in [4.78, 5) is 26.3. The van der Waals surface area contributed by atoms with Crippen LogP contribution in [0.3, 0.4) is 0 Å². The molecule has 1 atom stereocenters. The quantitative estimate of drug-likeness (QED) is 0.885. The van der Waals surface area contributed by atoms with E-state index in [1.165, 1.54) is 0 Å². The minimum atomic E-state index is -0.373. The Morgan fingerprint density at radius 1 is 1.33 bits per heavy atom. The van der Waals surface area contributed by atoms with Crippen LogP contribution < -0.4 is 10.1 Å². The van der Waals surface area contributed by atoms with Crippen molar-refractivity contribution >= 4 is 17.5 Å². The number of furan rings is 1. The van der Waals surface area contributed by atoms with Crippen LogP contribution in [0.1, 0.15) is 19.1 Å². The zero-order valence-corrected chi connectivity index (χ0v) is 13.5. The van der Waals surface area contributed by atoms with Crippen LogP contribution in [-0.2, 0) is 16.1 Å². The molecule has 2 heterocycles. The molecule has 1 saturated heterocycles. The van der Waals surface area contributed by atoms with Gasteiger partial charge in [-0.2, -0.15) is 0 Å². The third kappa shape index (κ3) is 3.59. The summed E-state index contributed by atoms with van der Waals surface area (Å²) in [6, 6.07) is 10.9. The van der Waals surface area contributed by atoms with Crippen molar-refractivity contribution < 1.29 is 18.7 Å². The zero-order chi connectivity index (χ0) is 16.9. The largest absolute Gasteiger partial charge is 0.492 e.